The summed E-state index contributed by atoms with van der Waals surface area (Å²) in [6.07, 6.45) is 2.90. The second-order valence-corrected chi connectivity index (χ2v) is 9.09. The number of rotatable bonds is 6. The van der Waals surface area contributed by atoms with E-state index in [1.807, 2.05) is 32.7 Å². The van der Waals surface area contributed by atoms with Crippen molar-refractivity contribution in [2.45, 2.75) is 52.6 Å². The highest BCUT2D eigenvalue weighted by Crippen LogP contribution is 2.34. The van der Waals surface area contributed by atoms with Crippen LogP contribution in [0.5, 0.6) is 0 Å². The van der Waals surface area contributed by atoms with Crippen LogP contribution in [0.3, 0.4) is 0 Å². The Morgan fingerprint density at radius 3 is 2.15 bits per heavy atom. The van der Waals surface area contributed by atoms with E-state index < -0.39 is 0 Å². The van der Waals surface area contributed by atoms with Crippen LogP contribution in [0.2, 0.25) is 0 Å². The van der Waals surface area contributed by atoms with E-state index in [0.717, 1.165) is 32.4 Å². The second kappa shape index (κ2) is 12.9. The molecule has 0 saturated carbocycles. The van der Waals surface area contributed by atoms with E-state index in [4.69, 9.17) is 0 Å². The first-order valence-corrected chi connectivity index (χ1v) is 11.7. The number of piperidine rings is 1. The Kier molecular flexibility index (Phi) is 10.3. The first-order chi connectivity index (χ1) is 15.8. The number of aryl methyl sites for hydroxylation is 1. The number of carbonyl (C=O) groups excluding carboxylic acids is 2. The maximum atomic E-state index is 12.2. The largest absolute Gasteiger partial charge is 0.462 e. The fourth-order valence-corrected chi connectivity index (χ4v) is 3.91. The van der Waals surface area contributed by atoms with Gasteiger partial charge in [-0.05, 0) is 69.3 Å². The van der Waals surface area contributed by atoms with Gasteiger partial charge in [0.15, 0.2) is 0 Å². The number of hydrogen-bond donors (Lipinski definition) is 1. The van der Waals surface area contributed by atoms with Crippen molar-refractivity contribution in [3.8, 4) is 0 Å². The normalized spacial score (nSPS) is 13.6. The molecule has 0 atom stereocenters. The van der Waals surface area contributed by atoms with Gasteiger partial charge in [0.05, 0.1) is 6.54 Å². The van der Waals surface area contributed by atoms with E-state index in [9.17, 15) is 9.59 Å². The predicted octanol–water partition coefficient (Wildman–Crippen LogP) is 4.85. The molecule has 0 aromatic heterocycles. The number of nitrogens with one attached hydrogen (secondary N) is 1. The van der Waals surface area contributed by atoms with Gasteiger partial charge in [-0.2, -0.15) is 0 Å². The number of amides is 1. The van der Waals surface area contributed by atoms with Crippen LogP contribution in [0, 0.1) is 0 Å². The molecule has 1 aliphatic rings. The van der Waals surface area contributed by atoms with Crippen molar-refractivity contribution in [1.29, 1.82) is 0 Å². The molecule has 0 unspecified atom stereocenters. The van der Waals surface area contributed by atoms with E-state index in [-0.39, 0.29) is 11.5 Å². The van der Waals surface area contributed by atoms with Crippen LogP contribution in [0.1, 0.15) is 57.2 Å². The lowest BCUT2D eigenvalue weighted by Crippen LogP contribution is -2.41. The smallest absolute Gasteiger partial charge is 0.293 e. The van der Waals surface area contributed by atoms with Crippen LogP contribution in [0.15, 0.2) is 60.2 Å². The summed E-state index contributed by atoms with van der Waals surface area (Å²) in [6.45, 7) is 10.2. The zero-order chi connectivity index (χ0) is 24.3. The minimum atomic E-state index is -0.318. The third-order valence-corrected chi connectivity index (χ3v) is 5.53. The third kappa shape index (κ3) is 8.17. The van der Waals surface area contributed by atoms with Gasteiger partial charge in [-0.15, -0.1) is 0 Å². The number of ether oxygens (including phenoxy) is 1. The molecule has 0 radical (unpaired) electrons. The van der Waals surface area contributed by atoms with Crippen LogP contribution >= 0.6 is 0 Å². The quantitative estimate of drug-likeness (QED) is 0.639. The lowest BCUT2D eigenvalue weighted by molar-refractivity contribution is -0.138. The molecule has 2 aromatic rings. The number of likely N-dealkylation sites (tertiary alicyclic amines) is 1. The molecule has 1 aliphatic heterocycles. The van der Waals surface area contributed by atoms with Crippen molar-refractivity contribution in [2.24, 2.45) is 0 Å². The van der Waals surface area contributed by atoms with Crippen molar-refractivity contribution in [3.63, 3.8) is 0 Å². The summed E-state index contributed by atoms with van der Waals surface area (Å²) in [6, 6.07) is 19.4. The molecule has 3 rings (SSSR count). The minimum absolute atomic E-state index is 0.196. The van der Waals surface area contributed by atoms with Gasteiger partial charge in [0, 0.05) is 13.1 Å². The van der Waals surface area contributed by atoms with Crippen LogP contribution in [0.25, 0.3) is 5.57 Å². The third-order valence-electron chi connectivity index (χ3n) is 5.53. The summed E-state index contributed by atoms with van der Waals surface area (Å²) < 4.78 is 4.55. The molecular formula is C28H38N2O3. The number of nitrogens with zero attached hydrogens (tertiary/aromatic N) is 1. The average molecular weight is 451 g/mol. The lowest BCUT2D eigenvalue weighted by Gasteiger charge is -2.30. The van der Waals surface area contributed by atoms with Gasteiger partial charge in [0.1, 0.15) is 5.60 Å². The fourth-order valence-electron chi connectivity index (χ4n) is 3.91. The molecule has 5 nitrogen and oxygen atoms in total. The minimum Gasteiger partial charge on any atom is -0.462 e. The zero-order valence-corrected chi connectivity index (χ0v) is 20.7. The number of hydrogen-bond acceptors (Lipinski definition) is 4. The Labute approximate surface area is 198 Å². The van der Waals surface area contributed by atoms with Crippen LogP contribution in [-0.2, 0) is 20.7 Å². The van der Waals surface area contributed by atoms with Crippen molar-refractivity contribution >= 4 is 18.0 Å². The Morgan fingerprint density at radius 1 is 1.03 bits per heavy atom. The monoisotopic (exact) mass is 450 g/mol. The molecule has 1 fully saturated rings. The Hall–Kier alpha value is -2.92. The van der Waals surface area contributed by atoms with Crippen molar-refractivity contribution in [1.82, 2.24) is 10.2 Å². The van der Waals surface area contributed by atoms with Crippen molar-refractivity contribution < 1.29 is 14.3 Å². The number of carbonyl (C=O) groups is 2. The molecule has 1 amide bonds. The maximum Gasteiger partial charge on any atom is 0.293 e. The molecular weight excluding hydrogens is 412 g/mol. The Balaban J connectivity index is 0.000000479. The van der Waals surface area contributed by atoms with Crippen LogP contribution in [0.4, 0.5) is 0 Å². The average Bonchev–Trinajstić information content (AvgIpc) is 2.80. The predicted molar refractivity (Wildman–Crippen MR) is 135 cm³/mol. The molecule has 0 bridgehead atoms. The standard InChI is InChI=1S/C23H28N2O.C5H10O2/c1-3-18-9-7-8-12-21(18)23(19-10-5-4-6-11-19)20-13-15-25(16-14-20)22(26)17-24-2;1-5(2,3)7-4-6/h4-12,24H,3,13-17H2,1-2H3;4H,1-3H3. The number of likely N-dealkylation sites (N-methyl/N-ethyl adjacent to an activating group) is 1. The highest BCUT2D eigenvalue weighted by Gasteiger charge is 2.22. The van der Waals surface area contributed by atoms with E-state index >= 15 is 0 Å². The Bertz CT molecular complexity index is 920. The highest BCUT2D eigenvalue weighted by atomic mass is 16.5. The lowest BCUT2D eigenvalue weighted by atomic mass is 9.86. The second-order valence-electron chi connectivity index (χ2n) is 9.09. The zero-order valence-electron chi connectivity index (χ0n) is 20.7. The summed E-state index contributed by atoms with van der Waals surface area (Å²) in [5, 5.41) is 2.96. The fraction of sp³-hybridized carbons (Fsp3) is 0.429. The molecule has 2 aromatic carbocycles. The molecule has 178 valence electrons. The molecule has 33 heavy (non-hydrogen) atoms. The molecule has 0 aliphatic carbocycles. The first kappa shape index (κ1) is 26.3. The summed E-state index contributed by atoms with van der Waals surface area (Å²) in [4.78, 5) is 23.7. The van der Waals surface area contributed by atoms with Gasteiger partial charge >= 0.3 is 0 Å². The SMILES string of the molecule is CC(C)(C)OC=O.CCc1ccccc1C(=C1CCN(C(=O)CNC)CC1)c1ccccc1. The first-order valence-electron chi connectivity index (χ1n) is 11.7. The van der Waals surface area contributed by atoms with Crippen molar-refractivity contribution in [3.05, 3.63) is 76.9 Å². The van der Waals surface area contributed by atoms with E-state index in [2.05, 4.69) is 71.6 Å². The summed E-state index contributed by atoms with van der Waals surface area (Å²) in [5.74, 6) is 0.196. The molecule has 0 spiro atoms. The molecule has 1 heterocycles. The van der Waals surface area contributed by atoms with E-state index in [1.54, 1.807) is 0 Å². The van der Waals surface area contributed by atoms with Crippen LogP contribution in [-0.4, -0.2) is 49.6 Å². The molecule has 1 saturated heterocycles. The Morgan fingerprint density at radius 2 is 1.64 bits per heavy atom. The maximum absolute atomic E-state index is 12.2. The summed E-state index contributed by atoms with van der Waals surface area (Å²) in [7, 11) is 1.82. The summed E-state index contributed by atoms with van der Waals surface area (Å²) >= 11 is 0. The number of benzene rings is 2. The highest BCUT2D eigenvalue weighted by molar-refractivity contribution is 5.84. The van der Waals surface area contributed by atoms with Gasteiger partial charge in [-0.1, -0.05) is 67.1 Å². The molecule has 5 heteroatoms. The van der Waals surface area contributed by atoms with E-state index in [0.29, 0.717) is 13.0 Å². The van der Waals surface area contributed by atoms with Gasteiger partial charge < -0.3 is 15.0 Å². The van der Waals surface area contributed by atoms with Gasteiger partial charge in [-0.3, -0.25) is 9.59 Å². The van der Waals surface area contributed by atoms with Crippen molar-refractivity contribution in [2.75, 3.05) is 26.7 Å². The van der Waals surface area contributed by atoms with Gasteiger partial charge in [0.2, 0.25) is 5.91 Å². The van der Waals surface area contributed by atoms with Gasteiger partial charge in [0.25, 0.3) is 6.47 Å². The molecule has 1 N–H and O–H groups in total. The van der Waals surface area contributed by atoms with E-state index in [1.165, 1.54) is 27.8 Å². The van der Waals surface area contributed by atoms with Crippen LogP contribution < -0.4 is 5.32 Å². The summed E-state index contributed by atoms with van der Waals surface area (Å²) in [5.41, 5.74) is 6.51. The topological polar surface area (TPSA) is 58.6 Å². The van der Waals surface area contributed by atoms with Gasteiger partial charge in [-0.25, -0.2) is 0 Å².